The van der Waals surface area contributed by atoms with Crippen LogP contribution in [0, 0.1) is 6.92 Å². The van der Waals surface area contributed by atoms with Crippen LogP contribution in [0.5, 0.6) is 0 Å². The highest BCUT2D eigenvalue weighted by molar-refractivity contribution is 5.28. The lowest BCUT2D eigenvalue weighted by molar-refractivity contribution is 0.574. The van der Waals surface area contributed by atoms with Crippen LogP contribution in [-0.4, -0.2) is 0 Å². The van der Waals surface area contributed by atoms with Gasteiger partial charge in [0.25, 0.3) is 0 Å². The summed E-state index contributed by atoms with van der Waals surface area (Å²) in [6, 6.07) is 18.3. The Bertz CT molecular complexity index is 549. The average Bonchev–Trinajstić information content (AvgIpc) is 3.31. The number of hydrogen-bond donors (Lipinski definition) is 1. The van der Waals surface area contributed by atoms with Crippen molar-refractivity contribution in [1.29, 1.82) is 0 Å². The second kappa shape index (κ2) is 5.80. The fraction of sp³-hybridized carbons (Fsp3) is 0.368. The van der Waals surface area contributed by atoms with E-state index in [4.69, 9.17) is 0 Å². The van der Waals surface area contributed by atoms with Crippen molar-refractivity contribution in [3.05, 3.63) is 70.8 Å². The quantitative estimate of drug-likeness (QED) is 0.824. The smallest absolute Gasteiger partial charge is 0.0294 e. The van der Waals surface area contributed by atoms with E-state index in [1.165, 1.54) is 35.1 Å². The van der Waals surface area contributed by atoms with Crippen molar-refractivity contribution in [1.82, 2.24) is 5.32 Å². The number of hydrogen-bond acceptors (Lipinski definition) is 1. The number of nitrogens with one attached hydrogen (secondary N) is 1. The molecule has 0 heterocycles. The first-order valence-electron chi connectivity index (χ1n) is 7.61. The van der Waals surface area contributed by atoms with E-state index in [0.717, 1.165) is 12.5 Å². The van der Waals surface area contributed by atoms with Crippen molar-refractivity contribution < 1.29 is 0 Å². The van der Waals surface area contributed by atoms with Gasteiger partial charge in [-0.1, -0.05) is 54.1 Å². The molecule has 0 bridgehead atoms. The molecule has 1 saturated carbocycles. The van der Waals surface area contributed by atoms with Crippen molar-refractivity contribution >= 4 is 0 Å². The van der Waals surface area contributed by atoms with Gasteiger partial charge >= 0.3 is 0 Å². The molecule has 1 aliphatic carbocycles. The third-order valence-electron chi connectivity index (χ3n) is 4.22. The lowest BCUT2D eigenvalue weighted by Crippen LogP contribution is -2.18. The summed E-state index contributed by atoms with van der Waals surface area (Å²) in [7, 11) is 0. The van der Waals surface area contributed by atoms with Gasteiger partial charge in [-0.2, -0.15) is 0 Å². The molecule has 2 aromatic rings. The van der Waals surface area contributed by atoms with Crippen LogP contribution in [0.15, 0.2) is 48.5 Å². The Morgan fingerprint density at radius 2 is 1.65 bits per heavy atom. The molecule has 1 nitrogen and oxygen atoms in total. The van der Waals surface area contributed by atoms with Gasteiger partial charge in [0, 0.05) is 12.6 Å². The van der Waals surface area contributed by atoms with Crippen molar-refractivity contribution in [2.45, 2.75) is 45.2 Å². The Morgan fingerprint density at radius 1 is 1.00 bits per heavy atom. The van der Waals surface area contributed by atoms with Crippen LogP contribution in [0.1, 0.15) is 54.0 Å². The molecule has 104 valence electrons. The predicted octanol–water partition coefficient (Wildman–Crippen LogP) is 4.72. The highest BCUT2D eigenvalue weighted by Gasteiger charge is 2.22. The topological polar surface area (TPSA) is 12.0 Å². The van der Waals surface area contributed by atoms with Gasteiger partial charge in [0.15, 0.2) is 0 Å². The molecule has 1 atom stereocenters. The maximum atomic E-state index is 3.60. The average molecular weight is 265 g/mol. The van der Waals surface area contributed by atoms with Crippen molar-refractivity contribution in [2.75, 3.05) is 0 Å². The number of benzene rings is 2. The van der Waals surface area contributed by atoms with E-state index < -0.39 is 0 Å². The molecule has 3 rings (SSSR count). The second-order valence-corrected chi connectivity index (χ2v) is 6.03. The zero-order chi connectivity index (χ0) is 13.9. The van der Waals surface area contributed by atoms with E-state index in [1.807, 2.05) is 0 Å². The summed E-state index contributed by atoms with van der Waals surface area (Å²) in [4.78, 5) is 0. The van der Waals surface area contributed by atoms with Crippen LogP contribution in [0.4, 0.5) is 0 Å². The van der Waals surface area contributed by atoms with Crippen molar-refractivity contribution in [2.24, 2.45) is 0 Å². The molecule has 0 radical (unpaired) electrons. The standard InChI is InChI=1S/C19H23N/c1-14-3-7-17(8-4-14)15(2)20-13-16-5-9-18(10-6-16)19-11-12-19/h3-10,15,19-20H,11-13H2,1-2H3/t15-/m0/s1. The normalized spacial score (nSPS) is 16.1. The zero-order valence-corrected chi connectivity index (χ0v) is 12.4. The summed E-state index contributed by atoms with van der Waals surface area (Å²) in [5, 5.41) is 3.60. The van der Waals surface area contributed by atoms with Crippen LogP contribution >= 0.6 is 0 Å². The summed E-state index contributed by atoms with van der Waals surface area (Å²) >= 11 is 0. The van der Waals surface area contributed by atoms with Crippen molar-refractivity contribution in [3.8, 4) is 0 Å². The molecule has 2 aromatic carbocycles. The Morgan fingerprint density at radius 3 is 2.25 bits per heavy atom. The summed E-state index contributed by atoms with van der Waals surface area (Å²) in [6.45, 7) is 5.28. The second-order valence-electron chi connectivity index (χ2n) is 6.03. The molecule has 0 amide bonds. The van der Waals surface area contributed by atoms with E-state index in [0.29, 0.717) is 6.04 Å². The van der Waals surface area contributed by atoms with E-state index in [2.05, 4.69) is 67.7 Å². The first-order chi connectivity index (χ1) is 9.72. The molecule has 0 aromatic heterocycles. The van der Waals surface area contributed by atoms with Gasteiger partial charge in [-0.25, -0.2) is 0 Å². The Kier molecular flexibility index (Phi) is 3.88. The Hall–Kier alpha value is -1.60. The zero-order valence-electron chi connectivity index (χ0n) is 12.4. The predicted molar refractivity (Wildman–Crippen MR) is 84.9 cm³/mol. The fourth-order valence-electron chi connectivity index (χ4n) is 2.57. The van der Waals surface area contributed by atoms with Crippen molar-refractivity contribution in [3.63, 3.8) is 0 Å². The van der Waals surface area contributed by atoms with Gasteiger partial charge in [-0.15, -0.1) is 0 Å². The van der Waals surface area contributed by atoms with Crippen LogP contribution in [0.2, 0.25) is 0 Å². The van der Waals surface area contributed by atoms with Gasteiger partial charge in [0.05, 0.1) is 0 Å². The third kappa shape index (κ3) is 3.29. The van der Waals surface area contributed by atoms with Crippen LogP contribution in [0.25, 0.3) is 0 Å². The first-order valence-corrected chi connectivity index (χ1v) is 7.61. The molecule has 1 aliphatic rings. The van der Waals surface area contributed by atoms with Crippen LogP contribution in [0.3, 0.4) is 0 Å². The molecule has 0 unspecified atom stereocenters. The third-order valence-corrected chi connectivity index (χ3v) is 4.22. The van der Waals surface area contributed by atoms with Crippen LogP contribution < -0.4 is 5.32 Å². The highest BCUT2D eigenvalue weighted by Crippen LogP contribution is 2.39. The monoisotopic (exact) mass is 265 g/mol. The molecule has 20 heavy (non-hydrogen) atoms. The summed E-state index contributed by atoms with van der Waals surface area (Å²) in [5.41, 5.74) is 5.55. The minimum absolute atomic E-state index is 0.388. The van der Waals surface area contributed by atoms with E-state index in [1.54, 1.807) is 0 Å². The maximum absolute atomic E-state index is 3.60. The largest absolute Gasteiger partial charge is 0.306 e. The Labute approximate surface area is 122 Å². The van der Waals surface area contributed by atoms with Gasteiger partial charge < -0.3 is 5.32 Å². The molecule has 1 fully saturated rings. The summed E-state index contributed by atoms with van der Waals surface area (Å²) in [6.07, 6.45) is 2.75. The fourth-order valence-corrected chi connectivity index (χ4v) is 2.57. The van der Waals surface area contributed by atoms with Gasteiger partial charge in [-0.3, -0.25) is 0 Å². The van der Waals surface area contributed by atoms with Gasteiger partial charge in [0.1, 0.15) is 0 Å². The van der Waals surface area contributed by atoms with E-state index >= 15 is 0 Å². The molecule has 0 saturated heterocycles. The Balaban J connectivity index is 1.56. The van der Waals surface area contributed by atoms with Crippen LogP contribution in [-0.2, 0) is 6.54 Å². The highest BCUT2D eigenvalue weighted by atomic mass is 14.9. The maximum Gasteiger partial charge on any atom is 0.0294 e. The minimum Gasteiger partial charge on any atom is -0.306 e. The summed E-state index contributed by atoms with van der Waals surface area (Å²) < 4.78 is 0. The lowest BCUT2D eigenvalue weighted by atomic mass is 10.1. The first kappa shape index (κ1) is 13.4. The lowest BCUT2D eigenvalue weighted by Gasteiger charge is -2.15. The molecular formula is C19H23N. The number of rotatable bonds is 5. The number of aryl methyl sites for hydroxylation is 1. The minimum atomic E-state index is 0.388. The SMILES string of the molecule is Cc1ccc([C@H](C)NCc2ccc(C3CC3)cc2)cc1. The molecule has 0 spiro atoms. The van der Waals surface area contributed by atoms with Gasteiger partial charge in [-0.05, 0) is 49.3 Å². The van der Waals surface area contributed by atoms with E-state index in [9.17, 15) is 0 Å². The molecule has 1 N–H and O–H groups in total. The summed E-state index contributed by atoms with van der Waals surface area (Å²) in [5.74, 6) is 0.850. The molecule has 0 aliphatic heterocycles. The van der Waals surface area contributed by atoms with Gasteiger partial charge in [0.2, 0.25) is 0 Å². The molecule has 1 heteroatoms. The van der Waals surface area contributed by atoms with E-state index in [-0.39, 0.29) is 0 Å². The molecular weight excluding hydrogens is 242 g/mol.